The number of hydrogen-bond donors (Lipinski definition) is 1. The Labute approximate surface area is 131 Å². The van der Waals surface area contributed by atoms with E-state index in [-0.39, 0.29) is 17.9 Å². The third-order valence-electron chi connectivity index (χ3n) is 5.47. The van der Waals surface area contributed by atoms with Gasteiger partial charge >= 0.3 is 6.03 Å². The van der Waals surface area contributed by atoms with Crippen LogP contribution in [0, 0.1) is 0 Å². The van der Waals surface area contributed by atoms with Crippen LogP contribution < -0.4 is 5.73 Å². The number of hydrogen-bond acceptors (Lipinski definition) is 3. The molecule has 3 fully saturated rings. The Bertz CT molecular complexity index is 554. The van der Waals surface area contributed by atoms with Crippen molar-refractivity contribution in [3.8, 4) is 0 Å². The number of fused-ring (bicyclic) bond motifs is 1. The summed E-state index contributed by atoms with van der Waals surface area (Å²) in [7, 11) is 0. The van der Waals surface area contributed by atoms with Crippen molar-refractivity contribution < 1.29 is 9.53 Å². The zero-order valence-electron chi connectivity index (χ0n) is 12.8. The molecule has 2 atom stereocenters. The van der Waals surface area contributed by atoms with E-state index in [4.69, 9.17) is 10.5 Å². The van der Waals surface area contributed by atoms with Gasteiger partial charge < -0.3 is 15.4 Å². The Morgan fingerprint density at radius 2 is 1.91 bits per heavy atom. The standard InChI is InChI=1S/C17H23N3O2/c18-16(21)19-11-8-17(9-12-19)15(13-5-2-1-3-6-13)20-10-4-7-14(20)22-17/h1-3,5-6,14-15H,4,7-12H2,(H2,18,21). The monoisotopic (exact) mass is 301 g/mol. The highest BCUT2D eigenvalue weighted by Crippen LogP contribution is 2.51. The normalized spacial score (nSPS) is 30.6. The van der Waals surface area contributed by atoms with Crippen LogP contribution in [0.3, 0.4) is 0 Å². The predicted molar refractivity (Wildman–Crippen MR) is 83.1 cm³/mol. The molecule has 118 valence electrons. The second-order valence-electron chi connectivity index (χ2n) is 6.66. The van der Waals surface area contributed by atoms with Crippen molar-refractivity contribution in [3.05, 3.63) is 35.9 Å². The van der Waals surface area contributed by atoms with Crippen molar-refractivity contribution in [1.29, 1.82) is 0 Å². The highest BCUT2D eigenvalue weighted by Gasteiger charge is 2.56. The maximum Gasteiger partial charge on any atom is 0.314 e. The summed E-state index contributed by atoms with van der Waals surface area (Å²) in [5.74, 6) is 0. The van der Waals surface area contributed by atoms with Gasteiger partial charge in [-0.05, 0) is 31.2 Å². The summed E-state index contributed by atoms with van der Waals surface area (Å²) >= 11 is 0. The van der Waals surface area contributed by atoms with Gasteiger partial charge in [-0.2, -0.15) is 0 Å². The van der Waals surface area contributed by atoms with Crippen LogP contribution in [0.5, 0.6) is 0 Å². The number of benzene rings is 1. The molecule has 1 aromatic rings. The van der Waals surface area contributed by atoms with Crippen molar-refractivity contribution in [2.75, 3.05) is 19.6 Å². The van der Waals surface area contributed by atoms with Gasteiger partial charge in [-0.3, -0.25) is 4.90 Å². The molecule has 3 aliphatic heterocycles. The van der Waals surface area contributed by atoms with Gasteiger partial charge in [-0.15, -0.1) is 0 Å². The maximum absolute atomic E-state index is 11.4. The van der Waals surface area contributed by atoms with Gasteiger partial charge in [-0.1, -0.05) is 30.3 Å². The summed E-state index contributed by atoms with van der Waals surface area (Å²) in [6.45, 7) is 2.49. The number of ether oxygens (including phenoxy) is 1. The van der Waals surface area contributed by atoms with Crippen molar-refractivity contribution in [2.45, 2.75) is 43.6 Å². The number of primary amides is 1. The van der Waals surface area contributed by atoms with Gasteiger partial charge in [0.25, 0.3) is 0 Å². The topological polar surface area (TPSA) is 58.8 Å². The lowest BCUT2D eigenvalue weighted by Crippen LogP contribution is -2.51. The molecule has 0 aliphatic carbocycles. The lowest BCUT2D eigenvalue weighted by molar-refractivity contribution is -0.0813. The minimum Gasteiger partial charge on any atom is -0.355 e. The van der Waals surface area contributed by atoms with Crippen molar-refractivity contribution in [1.82, 2.24) is 9.80 Å². The molecule has 1 aromatic carbocycles. The molecule has 2 unspecified atom stereocenters. The lowest BCUT2D eigenvalue weighted by atomic mass is 9.80. The molecule has 1 spiro atoms. The fourth-order valence-electron chi connectivity index (χ4n) is 4.45. The molecule has 3 aliphatic rings. The number of amides is 2. The van der Waals surface area contributed by atoms with Crippen molar-refractivity contribution in [2.24, 2.45) is 5.73 Å². The van der Waals surface area contributed by atoms with E-state index in [0.717, 1.165) is 25.8 Å². The number of urea groups is 1. The van der Waals surface area contributed by atoms with Crippen LogP contribution in [0.4, 0.5) is 4.79 Å². The average molecular weight is 301 g/mol. The number of nitrogens with two attached hydrogens (primary N) is 1. The number of likely N-dealkylation sites (tertiary alicyclic amines) is 1. The van der Waals surface area contributed by atoms with Gasteiger partial charge in [0.05, 0.1) is 11.6 Å². The third kappa shape index (κ3) is 2.11. The summed E-state index contributed by atoms with van der Waals surface area (Å²) in [5.41, 5.74) is 6.59. The quantitative estimate of drug-likeness (QED) is 0.864. The molecule has 3 saturated heterocycles. The van der Waals surface area contributed by atoms with E-state index in [9.17, 15) is 4.79 Å². The predicted octanol–water partition coefficient (Wildman–Crippen LogP) is 2.09. The molecular formula is C17H23N3O2. The highest BCUT2D eigenvalue weighted by atomic mass is 16.5. The molecule has 2 N–H and O–H groups in total. The number of carbonyl (C=O) groups excluding carboxylic acids is 1. The van der Waals surface area contributed by atoms with Crippen LogP contribution in [0.15, 0.2) is 30.3 Å². The first-order valence-electron chi connectivity index (χ1n) is 8.22. The summed E-state index contributed by atoms with van der Waals surface area (Å²) < 4.78 is 6.56. The Balaban J connectivity index is 1.65. The SMILES string of the molecule is NC(=O)N1CCC2(CC1)OC1CCCN1C2c1ccccc1. The molecule has 0 bridgehead atoms. The van der Waals surface area contributed by atoms with E-state index in [1.165, 1.54) is 12.0 Å². The molecule has 0 aromatic heterocycles. The molecular weight excluding hydrogens is 278 g/mol. The smallest absolute Gasteiger partial charge is 0.314 e. The maximum atomic E-state index is 11.4. The second kappa shape index (κ2) is 5.25. The molecule has 5 nitrogen and oxygen atoms in total. The first-order chi connectivity index (χ1) is 10.7. The van der Waals surface area contributed by atoms with Gasteiger partial charge in [0.1, 0.15) is 6.23 Å². The molecule has 4 rings (SSSR count). The molecule has 2 amide bonds. The zero-order chi connectivity index (χ0) is 15.2. The largest absolute Gasteiger partial charge is 0.355 e. The molecule has 5 heteroatoms. The van der Waals surface area contributed by atoms with Crippen molar-refractivity contribution in [3.63, 3.8) is 0 Å². The number of carbonyl (C=O) groups is 1. The number of nitrogens with zero attached hydrogens (tertiary/aromatic N) is 2. The van der Waals surface area contributed by atoms with E-state index in [1.807, 2.05) is 0 Å². The molecule has 3 heterocycles. The highest BCUT2D eigenvalue weighted by molar-refractivity contribution is 5.72. The number of piperidine rings is 1. The first kappa shape index (κ1) is 14.0. The first-order valence-corrected chi connectivity index (χ1v) is 8.22. The van der Waals surface area contributed by atoms with E-state index in [1.54, 1.807) is 4.90 Å². The van der Waals surface area contributed by atoms with E-state index >= 15 is 0 Å². The van der Waals surface area contributed by atoms with Gasteiger partial charge in [-0.25, -0.2) is 4.79 Å². The zero-order valence-corrected chi connectivity index (χ0v) is 12.8. The second-order valence-corrected chi connectivity index (χ2v) is 6.66. The minimum absolute atomic E-state index is 0.168. The van der Waals surface area contributed by atoms with Crippen molar-refractivity contribution >= 4 is 6.03 Å². The van der Waals surface area contributed by atoms with E-state index in [2.05, 4.69) is 35.2 Å². The van der Waals surface area contributed by atoms with E-state index in [0.29, 0.717) is 19.1 Å². The van der Waals surface area contributed by atoms with E-state index < -0.39 is 0 Å². The Kier molecular flexibility index (Phi) is 3.35. The molecule has 0 radical (unpaired) electrons. The summed E-state index contributed by atoms with van der Waals surface area (Å²) in [5, 5.41) is 0. The van der Waals surface area contributed by atoms with Crippen LogP contribution in [0.1, 0.15) is 37.3 Å². The lowest BCUT2D eigenvalue weighted by Gasteiger charge is -2.42. The van der Waals surface area contributed by atoms with Crippen LogP contribution in [0.25, 0.3) is 0 Å². The summed E-state index contributed by atoms with van der Waals surface area (Å²) in [4.78, 5) is 15.7. The Morgan fingerprint density at radius 1 is 1.18 bits per heavy atom. The minimum atomic E-state index is -0.315. The Morgan fingerprint density at radius 3 is 2.59 bits per heavy atom. The fraction of sp³-hybridized carbons (Fsp3) is 0.588. The summed E-state index contributed by atoms with van der Waals surface area (Å²) in [6, 6.07) is 10.7. The van der Waals surface area contributed by atoms with Crippen LogP contribution in [-0.2, 0) is 4.74 Å². The third-order valence-corrected chi connectivity index (χ3v) is 5.47. The molecule has 22 heavy (non-hydrogen) atoms. The van der Waals surface area contributed by atoms with Gasteiger partial charge in [0, 0.05) is 19.6 Å². The Hall–Kier alpha value is -1.59. The van der Waals surface area contributed by atoms with Gasteiger partial charge in [0.2, 0.25) is 0 Å². The summed E-state index contributed by atoms with van der Waals surface area (Å²) in [6.07, 6.45) is 4.29. The number of rotatable bonds is 1. The average Bonchev–Trinajstić information content (AvgIpc) is 3.07. The van der Waals surface area contributed by atoms with Gasteiger partial charge in [0.15, 0.2) is 0 Å². The fourth-order valence-corrected chi connectivity index (χ4v) is 4.45. The van der Waals surface area contributed by atoms with Crippen LogP contribution in [-0.4, -0.2) is 47.3 Å². The van der Waals surface area contributed by atoms with Crippen LogP contribution >= 0.6 is 0 Å². The van der Waals surface area contributed by atoms with Crippen LogP contribution in [0.2, 0.25) is 0 Å². The molecule has 0 saturated carbocycles.